The van der Waals surface area contributed by atoms with Crippen molar-refractivity contribution in [3.05, 3.63) is 59.1 Å². The molecule has 23 heavy (non-hydrogen) atoms. The summed E-state index contributed by atoms with van der Waals surface area (Å²) in [5.41, 5.74) is 1.53. The van der Waals surface area contributed by atoms with Crippen LogP contribution in [0.15, 0.2) is 57.8 Å². The van der Waals surface area contributed by atoms with Gasteiger partial charge in [-0.1, -0.05) is 30.3 Å². The molecule has 0 saturated carbocycles. The Morgan fingerprint density at radius 3 is 2.61 bits per heavy atom. The summed E-state index contributed by atoms with van der Waals surface area (Å²) >= 11 is 1.38. The maximum absolute atomic E-state index is 12.2. The topological polar surface area (TPSA) is 83.2 Å². The molecule has 7 heteroatoms. The maximum Gasteiger partial charge on any atom is 0.283 e. The first-order chi connectivity index (χ1) is 11.1. The third-order valence-electron chi connectivity index (χ3n) is 3.62. The highest BCUT2D eigenvalue weighted by Gasteiger charge is 2.35. The van der Waals surface area contributed by atoms with Crippen LogP contribution in [0.2, 0.25) is 0 Å². The van der Waals surface area contributed by atoms with Gasteiger partial charge in [-0.15, -0.1) is 11.3 Å². The van der Waals surface area contributed by atoms with E-state index < -0.39 is 15.9 Å². The molecule has 0 amide bonds. The Hall–Kier alpha value is -2.56. The van der Waals surface area contributed by atoms with Crippen molar-refractivity contribution in [1.82, 2.24) is 4.98 Å². The number of para-hydroxylation sites is 1. The smallest absolute Gasteiger partial charge is 0.239 e. The summed E-state index contributed by atoms with van der Waals surface area (Å²) in [6, 6.07) is 16.3. The van der Waals surface area contributed by atoms with Crippen molar-refractivity contribution >= 4 is 37.3 Å². The molecule has 3 aromatic rings. The van der Waals surface area contributed by atoms with Crippen molar-refractivity contribution in [3.8, 4) is 6.07 Å². The zero-order chi connectivity index (χ0) is 16.0. The zero-order valence-corrected chi connectivity index (χ0v) is 13.3. The van der Waals surface area contributed by atoms with Crippen LogP contribution in [0.3, 0.4) is 0 Å². The predicted molar refractivity (Wildman–Crippen MR) is 88.1 cm³/mol. The van der Waals surface area contributed by atoms with E-state index in [1.165, 1.54) is 17.4 Å². The lowest BCUT2D eigenvalue weighted by Gasteiger charge is -2.05. The molecule has 1 unspecified atom stereocenters. The van der Waals surface area contributed by atoms with E-state index in [1.54, 1.807) is 18.2 Å². The number of aromatic nitrogens is 1. The van der Waals surface area contributed by atoms with Crippen LogP contribution in [0.4, 0.5) is 0 Å². The maximum atomic E-state index is 12.2. The van der Waals surface area contributed by atoms with Gasteiger partial charge in [0.1, 0.15) is 10.9 Å². The molecule has 112 valence electrons. The standard InChI is InChI=1S/C16H9N3O2S2/c17-9-11(16-18-12-6-2-3-7-13(12)22-16)15-10-5-1-4-8-14(10)23(20,21)19-15/h1-8,11H. The minimum absolute atomic E-state index is 0.149. The Balaban J connectivity index is 1.90. The van der Waals surface area contributed by atoms with Gasteiger partial charge in [0.25, 0.3) is 10.0 Å². The largest absolute Gasteiger partial charge is 0.283 e. The van der Waals surface area contributed by atoms with E-state index in [4.69, 9.17) is 0 Å². The SMILES string of the molecule is N#CC(C1=NS(=O)(=O)c2ccccc21)c1nc2ccccc2s1. The third-order valence-corrected chi connectivity index (χ3v) is 6.07. The molecule has 0 radical (unpaired) electrons. The lowest BCUT2D eigenvalue weighted by Crippen LogP contribution is -2.10. The summed E-state index contributed by atoms with van der Waals surface area (Å²) < 4.78 is 29.1. The minimum Gasteiger partial charge on any atom is -0.239 e. The van der Waals surface area contributed by atoms with Crippen molar-refractivity contribution < 1.29 is 8.42 Å². The molecular weight excluding hydrogens is 330 g/mol. The Morgan fingerprint density at radius 2 is 1.83 bits per heavy atom. The van der Waals surface area contributed by atoms with Gasteiger partial charge in [0.15, 0.2) is 0 Å². The fourth-order valence-electron chi connectivity index (χ4n) is 2.59. The normalized spacial score (nSPS) is 16.6. The highest BCUT2D eigenvalue weighted by atomic mass is 32.2. The molecule has 2 aromatic carbocycles. The van der Waals surface area contributed by atoms with Crippen molar-refractivity contribution in [1.29, 1.82) is 5.26 Å². The lowest BCUT2D eigenvalue weighted by atomic mass is 9.98. The summed E-state index contributed by atoms with van der Waals surface area (Å²) in [7, 11) is -3.73. The lowest BCUT2D eigenvalue weighted by molar-refractivity contribution is 0.599. The molecule has 2 heterocycles. The second-order valence-corrected chi connectivity index (χ2v) is 7.66. The van der Waals surface area contributed by atoms with Gasteiger partial charge in [0, 0.05) is 5.56 Å². The zero-order valence-electron chi connectivity index (χ0n) is 11.7. The first-order valence-electron chi connectivity index (χ1n) is 6.79. The van der Waals surface area contributed by atoms with Crippen LogP contribution in [0, 0.1) is 11.3 Å². The molecule has 4 rings (SSSR count). The quantitative estimate of drug-likeness (QED) is 0.718. The fraction of sp³-hybridized carbons (Fsp3) is 0.0625. The summed E-state index contributed by atoms with van der Waals surface area (Å²) in [4.78, 5) is 4.62. The first-order valence-corrected chi connectivity index (χ1v) is 9.05. The van der Waals surface area contributed by atoms with Crippen molar-refractivity contribution in [3.63, 3.8) is 0 Å². The minimum atomic E-state index is -3.73. The van der Waals surface area contributed by atoms with Gasteiger partial charge in [-0.25, -0.2) is 4.98 Å². The van der Waals surface area contributed by atoms with E-state index in [-0.39, 0.29) is 10.6 Å². The van der Waals surface area contributed by atoms with Crippen LogP contribution in [-0.2, 0) is 10.0 Å². The number of fused-ring (bicyclic) bond motifs is 2. The van der Waals surface area contributed by atoms with E-state index in [0.29, 0.717) is 10.6 Å². The van der Waals surface area contributed by atoms with E-state index in [2.05, 4.69) is 15.5 Å². The highest BCUT2D eigenvalue weighted by Crippen LogP contribution is 2.35. The second kappa shape index (κ2) is 4.98. The molecule has 0 saturated heterocycles. The van der Waals surface area contributed by atoms with Gasteiger partial charge < -0.3 is 0 Å². The van der Waals surface area contributed by atoms with E-state index in [0.717, 1.165) is 10.2 Å². The molecule has 5 nitrogen and oxygen atoms in total. The predicted octanol–water partition coefficient (Wildman–Crippen LogP) is 3.10. The molecule has 1 aliphatic heterocycles. The van der Waals surface area contributed by atoms with Crippen molar-refractivity contribution in [2.45, 2.75) is 10.8 Å². The highest BCUT2D eigenvalue weighted by molar-refractivity contribution is 7.90. The fourth-order valence-corrected chi connectivity index (χ4v) is 4.86. The summed E-state index contributed by atoms with van der Waals surface area (Å²) in [6.45, 7) is 0. The molecule has 1 aromatic heterocycles. The summed E-state index contributed by atoms with van der Waals surface area (Å²) in [5, 5.41) is 10.2. The number of nitriles is 1. The van der Waals surface area contributed by atoms with Crippen LogP contribution < -0.4 is 0 Å². The Morgan fingerprint density at radius 1 is 1.09 bits per heavy atom. The molecule has 0 aliphatic carbocycles. The monoisotopic (exact) mass is 339 g/mol. The average molecular weight is 339 g/mol. The summed E-state index contributed by atoms with van der Waals surface area (Å²) in [5.74, 6) is -0.800. The number of benzene rings is 2. The number of rotatable bonds is 2. The van der Waals surface area contributed by atoms with Gasteiger partial charge in [-0.05, 0) is 18.2 Å². The van der Waals surface area contributed by atoms with Crippen molar-refractivity contribution in [2.24, 2.45) is 4.40 Å². The number of sulfonamides is 1. The number of hydrogen-bond donors (Lipinski definition) is 0. The number of thiazole rings is 1. The number of nitrogens with zero attached hydrogens (tertiary/aromatic N) is 3. The van der Waals surface area contributed by atoms with Crippen LogP contribution in [-0.4, -0.2) is 19.1 Å². The molecule has 0 fully saturated rings. The second-order valence-electron chi connectivity index (χ2n) is 5.03. The van der Waals surface area contributed by atoms with Gasteiger partial charge in [0.05, 0.1) is 26.9 Å². The van der Waals surface area contributed by atoms with Gasteiger partial charge in [-0.2, -0.15) is 18.1 Å². The van der Waals surface area contributed by atoms with Crippen LogP contribution in [0.5, 0.6) is 0 Å². The third kappa shape index (κ3) is 2.15. The van der Waals surface area contributed by atoms with Gasteiger partial charge >= 0.3 is 0 Å². The van der Waals surface area contributed by atoms with E-state index in [9.17, 15) is 13.7 Å². The van der Waals surface area contributed by atoms with Gasteiger partial charge in [0.2, 0.25) is 0 Å². The molecular formula is C16H9N3O2S2. The molecule has 1 aliphatic rings. The van der Waals surface area contributed by atoms with Crippen molar-refractivity contribution in [2.75, 3.05) is 0 Å². The average Bonchev–Trinajstić information content (AvgIpc) is 3.08. The number of hydrogen-bond acceptors (Lipinski definition) is 5. The van der Waals surface area contributed by atoms with E-state index in [1.807, 2.05) is 24.3 Å². The van der Waals surface area contributed by atoms with E-state index >= 15 is 0 Å². The Kier molecular flexibility index (Phi) is 3.04. The Labute approximate surface area is 136 Å². The van der Waals surface area contributed by atoms with Crippen LogP contribution in [0.1, 0.15) is 16.5 Å². The molecule has 1 atom stereocenters. The Bertz CT molecular complexity index is 1070. The molecule has 0 spiro atoms. The van der Waals surface area contributed by atoms with Crippen LogP contribution >= 0.6 is 11.3 Å². The van der Waals surface area contributed by atoms with Gasteiger partial charge in [-0.3, -0.25) is 0 Å². The van der Waals surface area contributed by atoms with Crippen LogP contribution in [0.25, 0.3) is 10.2 Å². The molecule has 0 N–H and O–H groups in total. The summed E-state index contributed by atoms with van der Waals surface area (Å²) in [6.07, 6.45) is 0. The first kappa shape index (κ1) is 14.1. The molecule has 0 bridgehead atoms.